The van der Waals surface area contributed by atoms with Gasteiger partial charge in [-0.15, -0.1) is 0 Å². The van der Waals surface area contributed by atoms with Crippen molar-refractivity contribution in [2.45, 2.75) is 33.8 Å². The number of carbonyl (C=O) groups excluding carboxylic acids is 2. The van der Waals surface area contributed by atoms with Crippen LogP contribution in [-0.2, 0) is 14.3 Å². The largest absolute Gasteiger partial charge is 0.449 e. The van der Waals surface area contributed by atoms with Gasteiger partial charge in [0.2, 0.25) is 0 Å². The van der Waals surface area contributed by atoms with E-state index >= 15 is 0 Å². The molecule has 108 valence electrons. The molecule has 0 aliphatic heterocycles. The lowest BCUT2D eigenvalue weighted by atomic mass is 10.2. The van der Waals surface area contributed by atoms with Crippen molar-refractivity contribution >= 4 is 29.2 Å². The van der Waals surface area contributed by atoms with E-state index in [1.54, 1.807) is 32.0 Å². The summed E-state index contributed by atoms with van der Waals surface area (Å²) in [5, 5.41) is 3.22. The SMILES string of the molecule is CC(C)=CC(=O)OC(C)C(=O)Nc1cc(Cl)ccc1C. The van der Waals surface area contributed by atoms with Gasteiger partial charge in [0, 0.05) is 16.8 Å². The average molecular weight is 296 g/mol. The molecule has 0 aliphatic carbocycles. The Morgan fingerprint density at radius 2 is 2.00 bits per heavy atom. The molecule has 0 spiro atoms. The van der Waals surface area contributed by atoms with Crippen molar-refractivity contribution in [3.63, 3.8) is 0 Å². The first-order valence-electron chi connectivity index (χ1n) is 6.22. The van der Waals surface area contributed by atoms with Gasteiger partial charge in [-0.3, -0.25) is 4.79 Å². The minimum Gasteiger partial charge on any atom is -0.449 e. The Kier molecular flexibility index (Phi) is 5.77. The van der Waals surface area contributed by atoms with E-state index in [1.807, 2.05) is 6.92 Å². The highest BCUT2D eigenvalue weighted by Gasteiger charge is 2.17. The molecule has 4 nitrogen and oxygen atoms in total. The van der Waals surface area contributed by atoms with Crippen LogP contribution in [-0.4, -0.2) is 18.0 Å². The van der Waals surface area contributed by atoms with Crippen LogP contribution < -0.4 is 5.32 Å². The summed E-state index contributed by atoms with van der Waals surface area (Å²) >= 11 is 5.88. The van der Waals surface area contributed by atoms with Crippen molar-refractivity contribution in [2.75, 3.05) is 5.32 Å². The molecule has 0 fully saturated rings. The molecule has 0 saturated heterocycles. The number of carbonyl (C=O) groups is 2. The fourth-order valence-corrected chi connectivity index (χ4v) is 1.63. The molecular formula is C15H18ClNO3. The zero-order chi connectivity index (χ0) is 15.3. The highest BCUT2D eigenvalue weighted by Crippen LogP contribution is 2.20. The van der Waals surface area contributed by atoms with Gasteiger partial charge in [0.15, 0.2) is 6.10 Å². The lowest BCUT2D eigenvalue weighted by Crippen LogP contribution is -2.29. The number of aryl methyl sites for hydroxylation is 1. The number of benzene rings is 1. The maximum atomic E-state index is 11.9. The molecule has 1 rings (SSSR count). The van der Waals surface area contributed by atoms with E-state index in [0.29, 0.717) is 10.7 Å². The van der Waals surface area contributed by atoms with Gasteiger partial charge in [0.05, 0.1) is 0 Å². The molecule has 0 heterocycles. The number of halogens is 1. The highest BCUT2D eigenvalue weighted by atomic mass is 35.5. The minimum absolute atomic E-state index is 0.397. The summed E-state index contributed by atoms with van der Waals surface area (Å²) in [6, 6.07) is 5.20. The molecule has 20 heavy (non-hydrogen) atoms. The van der Waals surface area contributed by atoms with Crippen molar-refractivity contribution in [1.29, 1.82) is 0 Å². The summed E-state index contributed by atoms with van der Waals surface area (Å²) in [6.07, 6.45) is 0.463. The zero-order valence-electron chi connectivity index (χ0n) is 12.0. The lowest BCUT2D eigenvalue weighted by Gasteiger charge is -2.14. The van der Waals surface area contributed by atoms with Gasteiger partial charge in [-0.2, -0.15) is 0 Å². The standard InChI is InChI=1S/C15H18ClNO3/c1-9(2)7-14(18)20-11(4)15(19)17-13-8-12(16)6-5-10(13)3/h5-8,11H,1-4H3,(H,17,19). The van der Waals surface area contributed by atoms with E-state index in [2.05, 4.69) is 5.32 Å². The Hall–Kier alpha value is -1.81. The number of anilines is 1. The average Bonchev–Trinajstić information content (AvgIpc) is 2.32. The van der Waals surface area contributed by atoms with Crippen LogP contribution >= 0.6 is 11.6 Å². The fraction of sp³-hybridized carbons (Fsp3) is 0.333. The Labute approximate surface area is 123 Å². The van der Waals surface area contributed by atoms with Gasteiger partial charge >= 0.3 is 5.97 Å². The summed E-state index contributed by atoms with van der Waals surface area (Å²) in [4.78, 5) is 23.4. The number of ether oxygens (including phenoxy) is 1. The number of esters is 1. The highest BCUT2D eigenvalue weighted by molar-refractivity contribution is 6.31. The van der Waals surface area contributed by atoms with Crippen LogP contribution in [0.5, 0.6) is 0 Å². The summed E-state index contributed by atoms with van der Waals surface area (Å²) in [7, 11) is 0. The van der Waals surface area contributed by atoms with Crippen molar-refractivity contribution in [1.82, 2.24) is 0 Å². The summed E-state index contributed by atoms with van der Waals surface area (Å²) in [6.45, 7) is 6.93. The van der Waals surface area contributed by atoms with Crippen LogP contribution in [0.1, 0.15) is 26.3 Å². The van der Waals surface area contributed by atoms with Crippen molar-refractivity contribution in [2.24, 2.45) is 0 Å². The quantitative estimate of drug-likeness (QED) is 0.683. The molecule has 1 atom stereocenters. The van der Waals surface area contributed by atoms with Gasteiger partial charge in [-0.05, 0) is 45.4 Å². The molecule has 5 heteroatoms. The van der Waals surface area contributed by atoms with E-state index in [9.17, 15) is 9.59 Å². The maximum Gasteiger partial charge on any atom is 0.331 e. The normalized spacial score (nSPS) is 11.4. The third-order valence-corrected chi connectivity index (χ3v) is 2.76. The zero-order valence-corrected chi connectivity index (χ0v) is 12.7. The molecule has 1 amide bonds. The summed E-state index contributed by atoms with van der Waals surface area (Å²) in [5.41, 5.74) is 2.30. The second kappa shape index (κ2) is 7.10. The molecule has 0 radical (unpaired) electrons. The summed E-state index contributed by atoms with van der Waals surface area (Å²) < 4.78 is 5.00. The lowest BCUT2D eigenvalue weighted by molar-refractivity contribution is -0.148. The Balaban J connectivity index is 2.69. The smallest absolute Gasteiger partial charge is 0.331 e. The molecule has 0 aromatic heterocycles. The number of rotatable bonds is 4. The van der Waals surface area contributed by atoms with Gasteiger partial charge < -0.3 is 10.1 Å². The van der Waals surface area contributed by atoms with E-state index in [4.69, 9.17) is 16.3 Å². The number of hydrogen-bond donors (Lipinski definition) is 1. The topological polar surface area (TPSA) is 55.4 Å². The van der Waals surface area contributed by atoms with E-state index in [-0.39, 0.29) is 0 Å². The first kappa shape index (κ1) is 16.2. The number of hydrogen-bond acceptors (Lipinski definition) is 3. The number of amides is 1. The first-order chi connectivity index (χ1) is 9.29. The summed E-state index contributed by atoms with van der Waals surface area (Å²) in [5.74, 6) is -0.929. The molecule has 0 saturated carbocycles. The molecule has 1 N–H and O–H groups in total. The van der Waals surface area contributed by atoms with E-state index in [1.165, 1.54) is 13.0 Å². The third kappa shape index (κ3) is 5.05. The Bertz CT molecular complexity index is 548. The predicted molar refractivity (Wildman–Crippen MR) is 79.8 cm³/mol. The number of nitrogens with one attached hydrogen (secondary N) is 1. The second-order valence-electron chi connectivity index (χ2n) is 4.75. The van der Waals surface area contributed by atoms with Crippen molar-refractivity contribution in [3.8, 4) is 0 Å². The predicted octanol–water partition coefficient (Wildman–Crippen LogP) is 3.48. The van der Waals surface area contributed by atoms with Crippen molar-refractivity contribution < 1.29 is 14.3 Å². The van der Waals surface area contributed by atoms with Gasteiger partial charge in [-0.25, -0.2) is 4.79 Å². The molecule has 0 aliphatic rings. The van der Waals surface area contributed by atoms with Crippen LogP contribution in [0.3, 0.4) is 0 Å². The first-order valence-corrected chi connectivity index (χ1v) is 6.60. The fourth-order valence-electron chi connectivity index (χ4n) is 1.46. The molecular weight excluding hydrogens is 278 g/mol. The molecule has 1 aromatic carbocycles. The maximum absolute atomic E-state index is 11.9. The van der Waals surface area contributed by atoms with Crippen LogP contribution in [0.4, 0.5) is 5.69 Å². The van der Waals surface area contributed by atoms with Crippen LogP contribution in [0, 0.1) is 6.92 Å². The molecule has 1 unspecified atom stereocenters. The van der Waals surface area contributed by atoms with E-state index in [0.717, 1.165) is 11.1 Å². The van der Waals surface area contributed by atoms with Crippen LogP contribution in [0.2, 0.25) is 5.02 Å². The van der Waals surface area contributed by atoms with Crippen molar-refractivity contribution in [3.05, 3.63) is 40.4 Å². The second-order valence-corrected chi connectivity index (χ2v) is 5.19. The van der Waals surface area contributed by atoms with Crippen LogP contribution in [0.25, 0.3) is 0 Å². The minimum atomic E-state index is -0.878. The van der Waals surface area contributed by atoms with Gasteiger partial charge in [0.1, 0.15) is 0 Å². The van der Waals surface area contributed by atoms with Crippen LogP contribution in [0.15, 0.2) is 29.8 Å². The third-order valence-electron chi connectivity index (χ3n) is 2.53. The van der Waals surface area contributed by atoms with Gasteiger partial charge in [-0.1, -0.05) is 23.2 Å². The number of allylic oxidation sites excluding steroid dienone is 1. The molecule has 0 bridgehead atoms. The monoisotopic (exact) mass is 295 g/mol. The Morgan fingerprint density at radius 1 is 1.35 bits per heavy atom. The van der Waals surface area contributed by atoms with Gasteiger partial charge in [0.25, 0.3) is 5.91 Å². The molecule has 1 aromatic rings. The van der Waals surface area contributed by atoms with E-state index < -0.39 is 18.0 Å². The Morgan fingerprint density at radius 3 is 2.60 bits per heavy atom.